The molecule has 2 aliphatic carbocycles. The normalized spacial score (nSPS) is 21.5. The molecule has 0 atom stereocenters. The second kappa shape index (κ2) is 3.58. The molecular formula is C10H14O3. The first kappa shape index (κ1) is 8.88. The summed E-state index contributed by atoms with van der Waals surface area (Å²) in [4.78, 5) is 22.3. The van der Waals surface area contributed by atoms with Crippen molar-refractivity contribution in [3.8, 4) is 0 Å². The lowest BCUT2D eigenvalue weighted by Gasteiger charge is -2.00. The lowest BCUT2D eigenvalue weighted by atomic mass is 10.3. The van der Waals surface area contributed by atoms with Crippen LogP contribution in [0.25, 0.3) is 0 Å². The van der Waals surface area contributed by atoms with Crippen molar-refractivity contribution in [3.63, 3.8) is 0 Å². The van der Waals surface area contributed by atoms with Crippen LogP contribution in [-0.2, 0) is 14.3 Å². The number of ketones is 2. The summed E-state index contributed by atoms with van der Waals surface area (Å²) in [5.41, 5.74) is 0. The maximum Gasteiger partial charge on any atom is 0.161 e. The minimum Gasteiger partial charge on any atom is -0.366 e. The van der Waals surface area contributed by atoms with Crippen molar-refractivity contribution in [2.24, 2.45) is 11.8 Å². The highest BCUT2D eigenvalue weighted by atomic mass is 16.5. The van der Waals surface area contributed by atoms with Gasteiger partial charge in [0, 0.05) is 11.8 Å². The van der Waals surface area contributed by atoms with E-state index in [9.17, 15) is 9.59 Å². The molecule has 0 heterocycles. The van der Waals surface area contributed by atoms with Crippen LogP contribution in [0.3, 0.4) is 0 Å². The Morgan fingerprint density at radius 1 is 0.923 bits per heavy atom. The van der Waals surface area contributed by atoms with Gasteiger partial charge in [0.15, 0.2) is 11.6 Å². The van der Waals surface area contributed by atoms with E-state index < -0.39 is 0 Å². The summed E-state index contributed by atoms with van der Waals surface area (Å²) >= 11 is 0. The third kappa shape index (κ3) is 2.62. The molecule has 0 aromatic carbocycles. The monoisotopic (exact) mass is 182 g/mol. The molecule has 2 fully saturated rings. The van der Waals surface area contributed by atoms with E-state index in [0.29, 0.717) is 0 Å². The fraction of sp³-hybridized carbons (Fsp3) is 0.800. The average Bonchev–Trinajstić information content (AvgIpc) is 2.95. The van der Waals surface area contributed by atoms with E-state index in [1.165, 1.54) is 0 Å². The first-order valence-corrected chi connectivity index (χ1v) is 4.90. The van der Waals surface area contributed by atoms with Gasteiger partial charge in [-0.3, -0.25) is 9.59 Å². The Balaban J connectivity index is 1.56. The van der Waals surface area contributed by atoms with E-state index in [-0.39, 0.29) is 36.6 Å². The fourth-order valence-corrected chi connectivity index (χ4v) is 1.30. The molecule has 72 valence electrons. The highest BCUT2D eigenvalue weighted by Crippen LogP contribution is 2.31. The molecular weight excluding hydrogens is 168 g/mol. The number of hydrogen-bond acceptors (Lipinski definition) is 3. The fourth-order valence-electron chi connectivity index (χ4n) is 1.30. The number of carbonyl (C=O) groups excluding carboxylic acids is 2. The van der Waals surface area contributed by atoms with Crippen LogP contribution in [0.1, 0.15) is 25.7 Å². The molecule has 0 N–H and O–H groups in total. The molecule has 0 spiro atoms. The number of rotatable bonds is 6. The Labute approximate surface area is 77.4 Å². The minimum absolute atomic E-state index is 0.142. The predicted molar refractivity (Wildman–Crippen MR) is 46.3 cm³/mol. The molecule has 0 amide bonds. The van der Waals surface area contributed by atoms with Crippen molar-refractivity contribution in [2.75, 3.05) is 13.2 Å². The zero-order valence-corrected chi connectivity index (χ0v) is 7.62. The zero-order chi connectivity index (χ0) is 9.26. The van der Waals surface area contributed by atoms with Gasteiger partial charge >= 0.3 is 0 Å². The molecule has 0 bridgehead atoms. The quantitative estimate of drug-likeness (QED) is 0.614. The lowest BCUT2D eigenvalue weighted by molar-refractivity contribution is -0.130. The summed E-state index contributed by atoms with van der Waals surface area (Å²) in [7, 11) is 0. The maximum atomic E-state index is 11.1. The molecule has 2 aliphatic rings. The smallest absolute Gasteiger partial charge is 0.161 e. The maximum absolute atomic E-state index is 11.1. The Kier molecular flexibility index (Phi) is 2.44. The number of ether oxygens (including phenoxy) is 1. The zero-order valence-electron chi connectivity index (χ0n) is 7.62. The van der Waals surface area contributed by atoms with Crippen LogP contribution in [0.2, 0.25) is 0 Å². The van der Waals surface area contributed by atoms with Crippen LogP contribution >= 0.6 is 0 Å². The highest BCUT2D eigenvalue weighted by molar-refractivity contribution is 5.86. The summed E-state index contributed by atoms with van der Waals surface area (Å²) in [6.07, 6.45) is 4.05. The average molecular weight is 182 g/mol. The van der Waals surface area contributed by atoms with E-state index >= 15 is 0 Å². The molecule has 0 aromatic heterocycles. The van der Waals surface area contributed by atoms with Gasteiger partial charge in [-0.1, -0.05) is 0 Å². The summed E-state index contributed by atoms with van der Waals surface area (Å²) in [6, 6.07) is 0. The van der Waals surface area contributed by atoms with Gasteiger partial charge in [-0.15, -0.1) is 0 Å². The van der Waals surface area contributed by atoms with Gasteiger partial charge in [-0.2, -0.15) is 0 Å². The van der Waals surface area contributed by atoms with E-state index in [0.717, 1.165) is 25.7 Å². The Bertz CT molecular complexity index is 202. The van der Waals surface area contributed by atoms with E-state index in [1.807, 2.05) is 0 Å². The van der Waals surface area contributed by atoms with Crippen LogP contribution < -0.4 is 0 Å². The van der Waals surface area contributed by atoms with Gasteiger partial charge in [0.1, 0.15) is 13.2 Å². The Morgan fingerprint density at radius 3 is 1.62 bits per heavy atom. The molecule has 0 aromatic rings. The van der Waals surface area contributed by atoms with E-state index in [1.54, 1.807) is 0 Å². The van der Waals surface area contributed by atoms with E-state index in [2.05, 4.69) is 0 Å². The lowest BCUT2D eigenvalue weighted by Crippen LogP contribution is -2.16. The number of hydrogen-bond donors (Lipinski definition) is 0. The largest absolute Gasteiger partial charge is 0.366 e. The summed E-state index contributed by atoms with van der Waals surface area (Å²) in [5.74, 6) is 0.833. The van der Waals surface area contributed by atoms with Crippen LogP contribution in [0.5, 0.6) is 0 Å². The van der Waals surface area contributed by atoms with Crippen molar-refractivity contribution in [3.05, 3.63) is 0 Å². The molecule has 0 saturated heterocycles. The third-order valence-corrected chi connectivity index (χ3v) is 2.55. The molecule has 0 aliphatic heterocycles. The number of Topliss-reactive ketones (excluding diaryl/α,β-unsaturated/α-hetero) is 2. The third-order valence-electron chi connectivity index (χ3n) is 2.55. The Morgan fingerprint density at radius 2 is 1.31 bits per heavy atom. The summed E-state index contributed by atoms with van der Waals surface area (Å²) < 4.78 is 5.06. The number of carbonyl (C=O) groups is 2. The van der Waals surface area contributed by atoms with Gasteiger partial charge in [0.05, 0.1) is 0 Å². The van der Waals surface area contributed by atoms with Gasteiger partial charge in [0.25, 0.3) is 0 Å². The standard InChI is InChI=1S/C10H14O3/c11-9(7-1-2-7)5-13-6-10(12)8-3-4-8/h7-8H,1-6H2. The first-order chi connectivity index (χ1) is 6.27. The predicted octanol–water partition coefficient (Wildman–Crippen LogP) is 0.961. The van der Waals surface area contributed by atoms with Gasteiger partial charge < -0.3 is 4.74 Å². The second-order valence-electron chi connectivity index (χ2n) is 3.97. The Hall–Kier alpha value is -0.700. The molecule has 2 rings (SSSR count). The molecule has 2 saturated carbocycles. The highest BCUT2D eigenvalue weighted by Gasteiger charge is 2.31. The van der Waals surface area contributed by atoms with E-state index in [4.69, 9.17) is 4.74 Å². The van der Waals surface area contributed by atoms with Crippen molar-refractivity contribution >= 4 is 11.6 Å². The van der Waals surface area contributed by atoms with Crippen LogP contribution in [0, 0.1) is 11.8 Å². The van der Waals surface area contributed by atoms with Gasteiger partial charge in [-0.05, 0) is 25.7 Å². The first-order valence-electron chi connectivity index (χ1n) is 4.90. The molecule has 3 nitrogen and oxygen atoms in total. The van der Waals surface area contributed by atoms with Crippen LogP contribution in [-0.4, -0.2) is 24.8 Å². The van der Waals surface area contributed by atoms with Crippen molar-refractivity contribution < 1.29 is 14.3 Å². The van der Waals surface area contributed by atoms with Crippen molar-refractivity contribution in [1.29, 1.82) is 0 Å². The summed E-state index contributed by atoms with van der Waals surface area (Å²) in [6.45, 7) is 0.284. The topological polar surface area (TPSA) is 43.4 Å². The minimum atomic E-state index is 0.142. The second-order valence-corrected chi connectivity index (χ2v) is 3.97. The van der Waals surface area contributed by atoms with Gasteiger partial charge in [0.2, 0.25) is 0 Å². The SMILES string of the molecule is O=C(COCC(=O)C1CC1)C1CC1. The van der Waals surface area contributed by atoms with Gasteiger partial charge in [-0.25, -0.2) is 0 Å². The van der Waals surface area contributed by atoms with Crippen LogP contribution in [0.4, 0.5) is 0 Å². The molecule has 13 heavy (non-hydrogen) atoms. The summed E-state index contributed by atoms with van der Waals surface area (Å²) in [5, 5.41) is 0. The molecule has 0 unspecified atom stereocenters. The van der Waals surface area contributed by atoms with Crippen LogP contribution in [0.15, 0.2) is 0 Å². The van der Waals surface area contributed by atoms with Crippen molar-refractivity contribution in [2.45, 2.75) is 25.7 Å². The molecule has 3 heteroatoms. The van der Waals surface area contributed by atoms with Crippen molar-refractivity contribution in [1.82, 2.24) is 0 Å². The molecule has 0 radical (unpaired) electrons.